The summed E-state index contributed by atoms with van der Waals surface area (Å²) in [7, 11) is 0. The van der Waals surface area contributed by atoms with Crippen LogP contribution in [0.4, 0.5) is 10.2 Å². The van der Waals surface area contributed by atoms with Crippen LogP contribution in [0.15, 0.2) is 18.2 Å². The van der Waals surface area contributed by atoms with Gasteiger partial charge in [0.05, 0.1) is 10.5 Å². The summed E-state index contributed by atoms with van der Waals surface area (Å²) >= 11 is 7.56. The number of amides is 1. The molecule has 1 aliphatic heterocycles. The van der Waals surface area contributed by atoms with E-state index in [0.717, 1.165) is 11.3 Å². The monoisotopic (exact) mass is 325 g/mol. The zero-order valence-corrected chi connectivity index (χ0v) is 13.0. The Hall–Kier alpha value is -1.53. The number of aryl methyl sites for hydroxylation is 1. The van der Waals surface area contributed by atoms with Gasteiger partial charge in [0.25, 0.3) is 0 Å². The number of carbonyl (C=O) groups excluding carboxylic acids is 1. The fourth-order valence-electron chi connectivity index (χ4n) is 2.38. The molecule has 1 aromatic carbocycles. The second-order valence-corrected chi connectivity index (χ2v) is 6.75. The molecule has 0 radical (unpaired) electrons. The quantitative estimate of drug-likeness (QED) is 0.841. The second-order valence-electron chi connectivity index (χ2n) is 4.89. The minimum absolute atomic E-state index is 0.150. The lowest BCUT2D eigenvalue weighted by Crippen LogP contribution is -2.21. The molecular weight excluding hydrogens is 313 g/mol. The SMILES string of the molecule is Cc1[nH]nc2c1C(c1c(F)cccc1Cl)SC(C)C(=O)N2. The predicted octanol–water partition coefficient (Wildman–Crippen LogP) is 3.67. The number of hydrogen-bond donors (Lipinski definition) is 2. The van der Waals surface area contributed by atoms with E-state index in [4.69, 9.17) is 11.6 Å². The van der Waals surface area contributed by atoms with Gasteiger partial charge in [-0.2, -0.15) is 5.10 Å². The summed E-state index contributed by atoms with van der Waals surface area (Å²) in [6.07, 6.45) is 0. The Kier molecular flexibility index (Phi) is 3.67. The summed E-state index contributed by atoms with van der Waals surface area (Å²) in [6, 6.07) is 4.60. The van der Waals surface area contributed by atoms with Gasteiger partial charge in [-0.25, -0.2) is 4.39 Å². The van der Waals surface area contributed by atoms with Crippen molar-refractivity contribution >= 4 is 35.1 Å². The maximum atomic E-state index is 14.3. The number of nitrogens with zero attached hydrogens (tertiary/aromatic N) is 1. The second kappa shape index (κ2) is 5.35. The molecule has 3 rings (SSSR count). The number of aromatic nitrogens is 2. The molecule has 2 atom stereocenters. The molecule has 7 heteroatoms. The highest BCUT2D eigenvalue weighted by molar-refractivity contribution is 8.01. The van der Waals surface area contributed by atoms with Crippen molar-refractivity contribution in [3.8, 4) is 0 Å². The number of fused-ring (bicyclic) bond motifs is 1. The van der Waals surface area contributed by atoms with Gasteiger partial charge in [0.1, 0.15) is 5.82 Å². The van der Waals surface area contributed by atoms with E-state index in [1.54, 1.807) is 19.1 Å². The first kappa shape index (κ1) is 14.4. The van der Waals surface area contributed by atoms with Gasteiger partial charge in [-0.05, 0) is 26.0 Å². The molecule has 0 spiro atoms. The molecule has 0 saturated carbocycles. The molecule has 1 aliphatic rings. The Morgan fingerprint density at radius 3 is 2.86 bits per heavy atom. The van der Waals surface area contributed by atoms with Crippen LogP contribution in [0, 0.1) is 12.7 Å². The van der Waals surface area contributed by atoms with Gasteiger partial charge in [0.15, 0.2) is 5.82 Å². The number of carbonyl (C=O) groups is 1. The molecule has 4 nitrogen and oxygen atoms in total. The fraction of sp³-hybridized carbons (Fsp3) is 0.286. The molecule has 110 valence electrons. The predicted molar refractivity (Wildman–Crippen MR) is 82.3 cm³/mol. The number of aromatic amines is 1. The van der Waals surface area contributed by atoms with Gasteiger partial charge in [-0.1, -0.05) is 17.7 Å². The third-order valence-electron chi connectivity index (χ3n) is 3.47. The molecular formula is C14H13ClFN3OS. The highest BCUT2D eigenvalue weighted by Crippen LogP contribution is 2.47. The molecule has 2 heterocycles. The van der Waals surface area contributed by atoms with E-state index in [1.165, 1.54) is 17.8 Å². The smallest absolute Gasteiger partial charge is 0.238 e. The minimum Gasteiger partial charge on any atom is -0.308 e. The van der Waals surface area contributed by atoms with Crippen molar-refractivity contribution in [2.75, 3.05) is 5.32 Å². The number of nitrogens with one attached hydrogen (secondary N) is 2. The van der Waals surface area contributed by atoms with Crippen LogP contribution < -0.4 is 5.32 Å². The van der Waals surface area contributed by atoms with E-state index >= 15 is 0 Å². The van der Waals surface area contributed by atoms with Crippen molar-refractivity contribution in [1.82, 2.24) is 10.2 Å². The number of anilines is 1. The summed E-state index contributed by atoms with van der Waals surface area (Å²) in [5.74, 6) is -0.0884. The lowest BCUT2D eigenvalue weighted by molar-refractivity contribution is -0.115. The summed E-state index contributed by atoms with van der Waals surface area (Å²) < 4.78 is 14.3. The highest BCUT2D eigenvalue weighted by atomic mass is 35.5. The summed E-state index contributed by atoms with van der Waals surface area (Å²) in [6.45, 7) is 3.63. The van der Waals surface area contributed by atoms with Crippen molar-refractivity contribution < 1.29 is 9.18 Å². The van der Waals surface area contributed by atoms with Crippen molar-refractivity contribution in [1.29, 1.82) is 0 Å². The number of rotatable bonds is 1. The topological polar surface area (TPSA) is 57.8 Å². The largest absolute Gasteiger partial charge is 0.308 e. The zero-order valence-electron chi connectivity index (χ0n) is 11.4. The summed E-state index contributed by atoms with van der Waals surface area (Å²) in [5, 5.41) is 9.33. The van der Waals surface area contributed by atoms with E-state index in [2.05, 4.69) is 15.5 Å². The first-order valence-corrected chi connectivity index (χ1v) is 7.76. The average molecular weight is 326 g/mol. The number of hydrogen-bond acceptors (Lipinski definition) is 3. The van der Waals surface area contributed by atoms with Crippen LogP contribution in [0.3, 0.4) is 0 Å². The van der Waals surface area contributed by atoms with Crippen LogP contribution >= 0.6 is 23.4 Å². The molecule has 0 aliphatic carbocycles. The van der Waals surface area contributed by atoms with Crippen LogP contribution in [0.5, 0.6) is 0 Å². The van der Waals surface area contributed by atoms with Gasteiger partial charge in [-0.15, -0.1) is 11.8 Å². The van der Waals surface area contributed by atoms with E-state index in [0.29, 0.717) is 16.4 Å². The first-order valence-electron chi connectivity index (χ1n) is 6.44. The number of benzene rings is 1. The molecule has 1 aromatic heterocycles. The van der Waals surface area contributed by atoms with Crippen LogP contribution in [0.25, 0.3) is 0 Å². The molecule has 2 unspecified atom stereocenters. The van der Waals surface area contributed by atoms with Crippen molar-refractivity contribution in [2.24, 2.45) is 0 Å². The molecule has 21 heavy (non-hydrogen) atoms. The van der Waals surface area contributed by atoms with Crippen LogP contribution in [-0.2, 0) is 4.79 Å². The zero-order chi connectivity index (χ0) is 15.1. The molecule has 2 aromatic rings. The maximum Gasteiger partial charge on any atom is 0.238 e. The Bertz CT molecular complexity index is 698. The fourth-order valence-corrected chi connectivity index (χ4v) is 4.11. The van der Waals surface area contributed by atoms with E-state index in [1.807, 2.05) is 6.92 Å². The van der Waals surface area contributed by atoms with E-state index in [-0.39, 0.29) is 22.2 Å². The standard InChI is InChI=1S/C14H13ClFN3OS/c1-6-10-12(11-8(15)4-3-5-9(11)16)21-7(2)14(20)17-13(10)19-18-6/h3-5,7,12H,1-2H3,(H2,17,18,19,20). The average Bonchev–Trinajstić information content (AvgIpc) is 2.72. The van der Waals surface area contributed by atoms with Crippen LogP contribution in [0.1, 0.15) is 29.0 Å². The van der Waals surface area contributed by atoms with Gasteiger partial charge in [-0.3, -0.25) is 9.89 Å². The van der Waals surface area contributed by atoms with Crippen molar-refractivity contribution in [2.45, 2.75) is 24.3 Å². The lowest BCUT2D eigenvalue weighted by Gasteiger charge is -2.19. The lowest BCUT2D eigenvalue weighted by atomic mass is 10.0. The Balaban J connectivity index is 2.21. The summed E-state index contributed by atoms with van der Waals surface area (Å²) in [5.41, 5.74) is 1.94. The van der Waals surface area contributed by atoms with E-state index in [9.17, 15) is 9.18 Å². The number of H-pyrrole nitrogens is 1. The Morgan fingerprint density at radius 2 is 2.14 bits per heavy atom. The highest BCUT2D eigenvalue weighted by Gasteiger charge is 2.34. The molecule has 0 bridgehead atoms. The maximum absolute atomic E-state index is 14.3. The molecule has 1 amide bonds. The van der Waals surface area contributed by atoms with Crippen molar-refractivity contribution in [3.63, 3.8) is 0 Å². The van der Waals surface area contributed by atoms with Gasteiger partial charge in [0, 0.05) is 21.8 Å². The van der Waals surface area contributed by atoms with Crippen LogP contribution in [0.2, 0.25) is 5.02 Å². The molecule has 0 fully saturated rings. The Labute approximate surface area is 130 Å². The number of thioether (sulfide) groups is 1. The van der Waals surface area contributed by atoms with Gasteiger partial charge >= 0.3 is 0 Å². The van der Waals surface area contributed by atoms with E-state index < -0.39 is 0 Å². The van der Waals surface area contributed by atoms with Gasteiger partial charge in [0.2, 0.25) is 5.91 Å². The minimum atomic E-state index is -0.388. The normalized spacial score (nSPS) is 21.6. The Morgan fingerprint density at radius 1 is 1.38 bits per heavy atom. The molecule has 2 N–H and O–H groups in total. The van der Waals surface area contributed by atoms with Crippen LogP contribution in [-0.4, -0.2) is 21.4 Å². The number of halogens is 2. The van der Waals surface area contributed by atoms with Crippen molar-refractivity contribution in [3.05, 3.63) is 45.9 Å². The first-order chi connectivity index (χ1) is 9.99. The third-order valence-corrected chi connectivity index (χ3v) is 5.17. The third kappa shape index (κ3) is 2.42. The van der Waals surface area contributed by atoms with Gasteiger partial charge < -0.3 is 5.32 Å². The molecule has 0 saturated heterocycles. The summed E-state index contributed by atoms with van der Waals surface area (Å²) in [4.78, 5) is 12.0.